The topological polar surface area (TPSA) is 12.5 Å². The molecular formula is C23H23NO. The Labute approximate surface area is 149 Å². The van der Waals surface area contributed by atoms with Crippen molar-refractivity contribution in [1.29, 1.82) is 0 Å². The minimum Gasteiger partial charge on any atom is -0.294 e. The Morgan fingerprint density at radius 1 is 0.720 bits per heavy atom. The maximum Gasteiger partial charge on any atom is 0.0853 e. The van der Waals surface area contributed by atoms with E-state index in [1.54, 1.807) is 0 Å². The van der Waals surface area contributed by atoms with E-state index in [1.165, 1.54) is 16.7 Å². The van der Waals surface area contributed by atoms with E-state index in [2.05, 4.69) is 96.1 Å². The fourth-order valence-corrected chi connectivity index (χ4v) is 3.56. The Balaban J connectivity index is 1.53. The van der Waals surface area contributed by atoms with E-state index in [9.17, 15) is 0 Å². The third-order valence-corrected chi connectivity index (χ3v) is 4.79. The molecule has 0 bridgehead atoms. The average Bonchev–Trinajstić information content (AvgIpc) is 3.06. The van der Waals surface area contributed by atoms with Crippen LogP contribution >= 0.6 is 0 Å². The lowest BCUT2D eigenvalue weighted by atomic mass is 9.98. The quantitative estimate of drug-likeness (QED) is 0.640. The van der Waals surface area contributed by atoms with Crippen LogP contribution in [0, 0.1) is 0 Å². The molecule has 3 aromatic rings. The lowest BCUT2D eigenvalue weighted by Gasteiger charge is -2.23. The van der Waals surface area contributed by atoms with E-state index < -0.39 is 0 Å². The summed E-state index contributed by atoms with van der Waals surface area (Å²) >= 11 is 0. The van der Waals surface area contributed by atoms with E-state index in [-0.39, 0.29) is 6.10 Å². The fraction of sp³-hybridized carbons (Fsp3) is 0.217. The van der Waals surface area contributed by atoms with Crippen molar-refractivity contribution in [3.63, 3.8) is 0 Å². The van der Waals surface area contributed by atoms with Gasteiger partial charge < -0.3 is 0 Å². The van der Waals surface area contributed by atoms with Crippen molar-refractivity contribution in [2.75, 3.05) is 0 Å². The maximum atomic E-state index is 6.37. The summed E-state index contributed by atoms with van der Waals surface area (Å²) in [5, 5.41) is 2.16. The Hall–Kier alpha value is -2.42. The van der Waals surface area contributed by atoms with Gasteiger partial charge in [0.05, 0.1) is 12.1 Å². The summed E-state index contributed by atoms with van der Waals surface area (Å²) in [4.78, 5) is 6.37. The van der Waals surface area contributed by atoms with Crippen molar-refractivity contribution >= 4 is 0 Å². The van der Waals surface area contributed by atoms with Gasteiger partial charge in [0.1, 0.15) is 0 Å². The highest BCUT2D eigenvalue weighted by Gasteiger charge is 2.34. The highest BCUT2D eigenvalue weighted by Crippen LogP contribution is 2.36. The van der Waals surface area contributed by atoms with Crippen LogP contribution in [0.3, 0.4) is 0 Å². The van der Waals surface area contributed by atoms with E-state index in [4.69, 9.17) is 4.84 Å². The van der Waals surface area contributed by atoms with Crippen LogP contribution in [0.4, 0.5) is 0 Å². The first-order valence-corrected chi connectivity index (χ1v) is 8.95. The second-order valence-corrected chi connectivity index (χ2v) is 6.64. The molecule has 0 N–H and O–H groups in total. The summed E-state index contributed by atoms with van der Waals surface area (Å²) in [6.45, 7) is 0.811. The molecule has 0 amide bonds. The van der Waals surface area contributed by atoms with Gasteiger partial charge in [0, 0.05) is 13.0 Å². The van der Waals surface area contributed by atoms with Crippen molar-refractivity contribution in [1.82, 2.24) is 5.06 Å². The molecule has 4 rings (SSSR count). The molecular weight excluding hydrogens is 306 g/mol. The molecule has 1 aliphatic heterocycles. The molecule has 25 heavy (non-hydrogen) atoms. The summed E-state index contributed by atoms with van der Waals surface area (Å²) in [7, 11) is 0. The molecule has 0 aliphatic carbocycles. The number of nitrogens with zero attached hydrogens (tertiary/aromatic N) is 1. The van der Waals surface area contributed by atoms with Gasteiger partial charge in [-0.2, -0.15) is 5.06 Å². The Kier molecular flexibility index (Phi) is 4.91. The van der Waals surface area contributed by atoms with Gasteiger partial charge in [0.25, 0.3) is 0 Å². The van der Waals surface area contributed by atoms with Crippen LogP contribution < -0.4 is 0 Å². The predicted octanol–water partition coefficient (Wildman–Crippen LogP) is 5.18. The van der Waals surface area contributed by atoms with Crippen LogP contribution in [-0.2, 0) is 17.8 Å². The molecule has 3 aromatic carbocycles. The highest BCUT2D eigenvalue weighted by atomic mass is 16.7. The maximum absolute atomic E-state index is 6.37. The molecule has 1 saturated heterocycles. The summed E-state index contributed by atoms with van der Waals surface area (Å²) < 4.78 is 0. The molecule has 0 spiro atoms. The van der Waals surface area contributed by atoms with Crippen LogP contribution in [0.15, 0.2) is 91.0 Å². The third kappa shape index (κ3) is 3.98. The van der Waals surface area contributed by atoms with E-state index in [0.29, 0.717) is 6.04 Å². The smallest absolute Gasteiger partial charge is 0.0853 e. The van der Waals surface area contributed by atoms with Crippen LogP contribution in [0.2, 0.25) is 0 Å². The van der Waals surface area contributed by atoms with Gasteiger partial charge in [0.15, 0.2) is 0 Å². The van der Waals surface area contributed by atoms with Crippen LogP contribution in [0.5, 0.6) is 0 Å². The number of benzene rings is 3. The molecule has 2 nitrogen and oxygen atoms in total. The van der Waals surface area contributed by atoms with Crippen molar-refractivity contribution in [3.05, 3.63) is 108 Å². The molecule has 0 aromatic heterocycles. The Bertz CT molecular complexity index is 773. The van der Waals surface area contributed by atoms with Crippen molar-refractivity contribution < 1.29 is 4.84 Å². The first kappa shape index (κ1) is 16.1. The van der Waals surface area contributed by atoms with Gasteiger partial charge >= 0.3 is 0 Å². The normalized spacial score (nSPS) is 20.6. The third-order valence-electron chi connectivity index (χ3n) is 4.79. The van der Waals surface area contributed by atoms with Gasteiger partial charge in [-0.05, 0) is 23.1 Å². The number of hydrogen-bond donors (Lipinski definition) is 0. The van der Waals surface area contributed by atoms with Crippen molar-refractivity contribution in [2.24, 2.45) is 0 Å². The van der Waals surface area contributed by atoms with Crippen LogP contribution in [-0.4, -0.2) is 11.2 Å². The SMILES string of the molecule is c1ccc(C[C@H]2C[C@@H](c3ccccc3)N(Cc3ccccc3)O2)cc1. The average molecular weight is 329 g/mol. The molecule has 2 heteroatoms. The molecule has 1 aliphatic rings. The minimum atomic E-state index is 0.219. The van der Waals surface area contributed by atoms with Gasteiger partial charge in [-0.25, -0.2) is 0 Å². The monoisotopic (exact) mass is 329 g/mol. The molecule has 1 fully saturated rings. The summed E-state index contributed by atoms with van der Waals surface area (Å²) in [6, 6.07) is 32.2. The van der Waals surface area contributed by atoms with E-state index >= 15 is 0 Å². The molecule has 0 radical (unpaired) electrons. The zero-order chi connectivity index (χ0) is 16.9. The molecule has 0 saturated carbocycles. The van der Waals surface area contributed by atoms with Gasteiger partial charge in [-0.3, -0.25) is 4.84 Å². The number of hydroxylamine groups is 2. The standard InChI is InChI=1S/C23H23NO/c1-4-10-19(11-5-1)16-22-17-23(21-14-8-3-9-15-21)24(25-22)18-20-12-6-2-7-13-20/h1-15,22-23H,16-18H2/t22-,23-/m0/s1. The first-order chi connectivity index (χ1) is 12.4. The van der Waals surface area contributed by atoms with Crippen molar-refractivity contribution in [3.8, 4) is 0 Å². The van der Waals surface area contributed by atoms with Gasteiger partial charge in [-0.15, -0.1) is 0 Å². The molecule has 126 valence electrons. The lowest BCUT2D eigenvalue weighted by molar-refractivity contribution is -0.170. The highest BCUT2D eigenvalue weighted by molar-refractivity contribution is 5.22. The number of rotatable bonds is 5. The van der Waals surface area contributed by atoms with Crippen molar-refractivity contribution in [2.45, 2.75) is 31.5 Å². The zero-order valence-electron chi connectivity index (χ0n) is 14.3. The Morgan fingerprint density at radius 2 is 1.28 bits per heavy atom. The van der Waals surface area contributed by atoms with Gasteiger partial charge in [0.2, 0.25) is 0 Å². The van der Waals surface area contributed by atoms with Crippen LogP contribution in [0.1, 0.15) is 29.2 Å². The molecule has 1 heterocycles. The second kappa shape index (κ2) is 7.64. The zero-order valence-corrected chi connectivity index (χ0v) is 14.3. The largest absolute Gasteiger partial charge is 0.294 e. The predicted molar refractivity (Wildman–Crippen MR) is 101 cm³/mol. The summed E-state index contributed by atoms with van der Waals surface area (Å²) in [6.07, 6.45) is 2.19. The fourth-order valence-electron chi connectivity index (χ4n) is 3.56. The first-order valence-electron chi connectivity index (χ1n) is 8.95. The summed E-state index contributed by atoms with van der Waals surface area (Å²) in [5.74, 6) is 0. The molecule has 2 atom stereocenters. The Morgan fingerprint density at radius 3 is 1.92 bits per heavy atom. The molecule has 0 unspecified atom stereocenters. The number of hydrogen-bond acceptors (Lipinski definition) is 2. The minimum absolute atomic E-state index is 0.219. The lowest BCUT2D eigenvalue weighted by Crippen LogP contribution is -2.22. The van der Waals surface area contributed by atoms with E-state index in [0.717, 1.165) is 19.4 Å². The second-order valence-electron chi connectivity index (χ2n) is 6.64. The van der Waals surface area contributed by atoms with E-state index in [1.807, 2.05) is 0 Å². The summed E-state index contributed by atoms with van der Waals surface area (Å²) in [5.41, 5.74) is 3.94. The van der Waals surface area contributed by atoms with Crippen LogP contribution in [0.25, 0.3) is 0 Å². The van der Waals surface area contributed by atoms with Gasteiger partial charge in [-0.1, -0.05) is 91.0 Å².